The van der Waals surface area contributed by atoms with Crippen LogP contribution >= 0.6 is 11.6 Å². The minimum Gasteiger partial charge on any atom is -0.361 e. The normalized spacial score (nSPS) is 12.7. The van der Waals surface area contributed by atoms with Gasteiger partial charge in [0.05, 0.1) is 0 Å². The first-order valence-electron chi connectivity index (χ1n) is 6.54. The van der Waals surface area contributed by atoms with Gasteiger partial charge in [0.1, 0.15) is 0 Å². The minimum absolute atomic E-state index is 0.467. The summed E-state index contributed by atoms with van der Waals surface area (Å²) in [5, 5.41) is 2.13. The van der Waals surface area contributed by atoms with E-state index in [2.05, 4.69) is 48.4 Å². The first kappa shape index (κ1) is 12.3. The van der Waals surface area contributed by atoms with Gasteiger partial charge >= 0.3 is 0 Å². The molecule has 0 radical (unpaired) electrons. The maximum absolute atomic E-state index is 6.04. The van der Waals surface area contributed by atoms with Crippen LogP contribution in [0.15, 0.2) is 54.7 Å². The Labute approximate surface area is 118 Å². The molecule has 1 unspecified atom stereocenters. The van der Waals surface area contributed by atoms with E-state index in [9.17, 15) is 0 Å². The van der Waals surface area contributed by atoms with Gasteiger partial charge in [-0.15, -0.1) is 0 Å². The molecule has 1 heterocycles. The minimum atomic E-state index is 0.467. The Hall–Kier alpha value is -1.73. The second-order valence-electron chi connectivity index (χ2n) is 5.02. The lowest BCUT2D eigenvalue weighted by atomic mass is 9.93. The third-order valence-corrected chi connectivity index (χ3v) is 3.82. The first-order chi connectivity index (χ1) is 9.24. The lowest BCUT2D eigenvalue weighted by Crippen LogP contribution is -1.97. The molecule has 2 aromatic carbocycles. The fraction of sp³-hybridized carbons (Fsp3) is 0.176. The molecule has 1 atom stereocenters. The number of hydrogen-bond donors (Lipinski definition) is 1. The van der Waals surface area contributed by atoms with Crippen LogP contribution in [0.25, 0.3) is 10.9 Å². The van der Waals surface area contributed by atoms with Gasteiger partial charge < -0.3 is 4.98 Å². The molecule has 0 bridgehead atoms. The fourth-order valence-corrected chi connectivity index (χ4v) is 2.84. The number of halogens is 1. The highest BCUT2D eigenvalue weighted by Crippen LogP contribution is 2.28. The molecule has 96 valence electrons. The van der Waals surface area contributed by atoms with Crippen molar-refractivity contribution in [1.29, 1.82) is 0 Å². The van der Waals surface area contributed by atoms with Gasteiger partial charge in [-0.05, 0) is 41.7 Å². The van der Waals surface area contributed by atoms with Crippen molar-refractivity contribution in [3.05, 3.63) is 70.9 Å². The van der Waals surface area contributed by atoms with Crippen molar-refractivity contribution in [3.63, 3.8) is 0 Å². The molecular weight excluding hydrogens is 254 g/mol. The SMILES string of the molecule is CC(Cc1cccc(Cl)c1)c1c[nH]c2ccccc12. The molecule has 1 nitrogen and oxygen atoms in total. The zero-order valence-electron chi connectivity index (χ0n) is 10.9. The highest BCUT2D eigenvalue weighted by atomic mass is 35.5. The van der Waals surface area contributed by atoms with E-state index in [1.165, 1.54) is 22.0 Å². The molecule has 19 heavy (non-hydrogen) atoms. The molecule has 1 N–H and O–H groups in total. The third kappa shape index (κ3) is 2.52. The molecule has 0 aliphatic carbocycles. The molecule has 0 aliphatic rings. The molecule has 3 rings (SSSR count). The van der Waals surface area contributed by atoms with Gasteiger partial charge in [-0.2, -0.15) is 0 Å². The van der Waals surface area contributed by atoms with Gasteiger partial charge in [0.2, 0.25) is 0 Å². The summed E-state index contributed by atoms with van der Waals surface area (Å²) in [4.78, 5) is 3.34. The van der Waals surface area contributed by atoms with Crippen molar-refractivity contribution in [2.45, 2.75) is 19.3 Å². The number of rotatable bonds is 3. The average molecular weight is 270 g/mol. The van der Waals surface area contributed by atoms with E-state index in [1.807, 2.05) is 18.2 Å². The van der Waals surface area contributed by atoms with Gasteiger partial charge in [-0.3, -0.25) is 0 Å². The van der Waals surface area contributed by atoms with E-state index < -0.39 is 0 Å². The Morgan fingerprint density at radius 3 is 2.79 bits per heavy atom. The molecule has 0 spiro atoms. The molecule has 1 aromatic heterocycles. The van der Waals surface area contributed by atoms with Crippen molar-refractivity contribution in [3.8, 4) is 0 Å². The number of para-hydroxylation sites is 1. The molecular formula is C17H16ClN. The third-order valence-electron chi connectivity index (χ3n) is 3.58. The van der Waals surface area contributed by atoms with E-state index in [4.69, 9.17) is 11.6 Å². The number of nitrogens with one attached hydrogen (secondary N) is 1. The van der Waals surface area contributed by atoms with Crippen LogP contribution in [-0.4, -0.2) is 4.98 Å². The number of aromatic nitrogens is 1. The Morgan fingerprint density at radius 2 is 1.95 bits per heavy atom. The van der Waals surface area contributed by atoms with Crippen LogP contribution in [0.3, 0.4) is 0 Å². The summed E-state index contributed by atoms with van der Waals surface area (Å²) in [6.45, 7) is 2.26. The van der Waals surface area contributed by atoms with Gasteiger partial charge in [-0.1, -0.05) is 48.9 Å². The van der Waals surface area contributed by atoms with Gasteiger partial charge in [0, 0.05) is 22.1 Å². The van der Waals surface area contributed by atoms with Crippen molar-refractivity contribution in [1.82, 2.24) is 4.98 Å². The predicted octanol–water partition coefficient (Wildman–Crippen LogP) is 5.17. The van der Waals surface area contributed by atoms with Crippen LogP contribution in [0.5, 0.6) is 0 Å². The van der Waals surface area contributed by atoms with E-state index >= 15 is 0 Å². The summed E-state index contributed by atoms with van der Waals surface area (Å²) < 4.78 is 0. The zero-order chi connectivity index (χ0) is 13.2. The summed E-state index contributed by atoms with van der Waals surface area (Å²) in [6.07, 6.45) is 3.13. The Balaban J connectivity index is 1.90. The first-order valence-corrected chi connectivity index (χ1v) is 6.92. The van der Waals surface area contributed by atoms with Gasteiger partial charge in [0.15, 0.2) is 0 Å². The Kier molecular flexibility index (Phi) is 3.31. The summed E-state index contributed by atoms with van der Waals surface area (Å²) >= 11 is 6.04. The van der Waals surface area contributed by atoms with Crippen LogP contribution in [-0.2, 0) is 6.42 Å². The molecule has 0 amide bonds. The van der Waals surface area contributed by atoms with Crippen molar-refractivity contribution < 1.29 is 0 Å². The molecule has 3 aromatic rings. The van der Waals surface area contributed by atoms with Crippen molar-refractivity contribution in [2.24, 2.45) is 0 Å². The fourth-order valence-electron chi connectivity index (χ4n) is 2.63. The van der Waals surface area contributed by atoms with Crippen LogP contribution in [0.1, 0.15) is 24.0 Å². The molecule has 0 aliphatic heterocycles. The second kappa shape index (κ2) is 5.10. The number of aromatic amines is 1. The maximum Gasteiger partial charge on any atom is 0.0456 e. The quantitative estimate of drug-likeness (QED) is 0.675. The molecule has 0 fully saturated rings. The van der Waals surface area contributed by atoms with Crippen LogP contribution in [0.2, 0.25) is 5.02 Å². The summed E-state index contributed by atoms with van der Waals surface area (Å²) in [6, 6.07) is 16.6. The maximum atomic E-state index is 6.04. The van der Waals surface area contributed by atoms with E-state index in [0.717, 1.165) is 11.4 Å². The van der Waals surface area contributed by atoms with E-state index in [-0.39, 0.29) is 0 Å². The smallest absolute Gasteiger partial charge is 0.0456 e. The molecule has 0 saturated heterocycles. The van der Waals surface area contributed by atoms with Crippen LogP contribution in [0.4, 0.5) is 0 Å². The summed E-state index contributed by atoms with van der Waals surface area (Å²) in [5.74, 6) is 0.467. The second-order valence-corrected chi connectivity index (χ2v) is 5.46. The molecule has 2 heteroatoms. The average Bonchev–Trinajstić information content (AvgIpc) is 2.82. The van der Waals surface area contributed by atoms with Crippen LogP contribution in [0, 0.1) is 0 Å². The largest absolute Gasteiger partial charge is 0.361 e. The highest BCUT2D eigenvalue weighted by molar-refractivity contribution is 6.30. The Morgan fingerprint density at radius 1 is 1.11 bits per heavy atom. The number of hydrogen-bond acceptors (Lipinski definition) is 0. The van der Waals surface area contributed by atoms with Crippen molar-refractivity contribution in [2.75, 3.05) is 0 Å². The monoisotopic (exact) mass is 269 g/mol. The summed E-state index contributed by atoms with van der Waals surface area (Å²) in [5.41, 5.74) is 3.86. The number of H-pyrrole nitrogens is 1. The van der Waals surface area contributed by atoms with Crippen LogP contribution < -0.4 is 0 Å². The van der Waals surface area contributed by atoms with Crippen molar-refractivity contribution >= 4 is 22.5 Å². The predicted molar refractivity (Wildman–Crippen MR) is 81.9 cm³/mol. The standard InChI is InChI=1S/C17H16ClN/c1-12(9-13-5-4-6-14(18)10-13)16-11-19-17-8-3-2-7-15(16)17/h2-8,10-12,19H,9H2,1H3. The number of fused-ring (bicyclic) bond motifs is 1. The Bertz CT molecular complexity index is 699. The lowest BCUT2D eigenvalue weighted by molar-refractivity contribution is 0.765. The number of benzene rings is 2. The van der Waals surface area contributed by atoms with Gasteiger partial charge in [-0.25, -0.2) is 0 Å². The highest BCUT2D eigenvalue weighted by Gasteiger charge is 2.11. The van der Waals surface area contributed by atoms with Gasteiger partial charge in [0.25, 0.3) is 0 Å². The summed E-state index contributed by atoms with van der Waals surface area (Å²) in [7, 11) is 0. The van der Waals surface area contributed by atoms with E-state index in [0.29, 0.717) is 5.92 Å². The zero-order valence-corrected chi connectivity index (χ0v) is 11.6. The lowest BCUT2D eigenvalue weighted by Gasteiger charge is -2.11. The topological polar surface area (TPSA) is 15.8 Å². The van der Waals surface area contributed by atoms with E-state index in [1.54, 1.807) is 0 Å². The molecule has 0 saturated carbocycles.